The largest absolute Gasteiger partial charge is 0.339 e. The molecule has 1 saturated heterocycles. The van der Waals surface area contributed by atoms with Gasteiger partial charge in [-0.3, -0.25) is 13.9 Å². The van der Waals surface area contributed by atoms with Gasteiger partial charge in [0.2, 0.25) is 21.8 Å². The molecule has 0 atom stereocenters. The maximum absolute atomic E-state index is 12.8. The summed E-state index contributed by atoms with van der Waals surface area (Å²) in [5.74, 6) is -0.272. The SMILES string of the molecule is CC(=O)N1CCN(C(=O)CN(c2ccccc2C(C)(C)C)S(C)(=O)=O)CC1. The van der Waals surface area contributed by atoms with E-state index in [9.17, 15) is 18.0 Å². The molecule has 1 fully saturated rings. The lowest BCUT2D eigenvalue weighted by atomic mass is 9.86. The normalized spacial score (nSPS) is 15.6. The van der Waals surface area contributed by atoms with Gasteiger partial charge in [0, 0.05) is 33.1 Å². The highest BCUT2D eigenvalue weighted by molar-refractivity contribution is 7.92. The molecule has 1 heterocycles. The zero-order valence-corrected chi connectivity index (χ0v) is 17.5. The fourth-order valence-corrected chi connectivity index (χ4v) is 4.06. The molecule has 8 heteroatoms. The Balaban J connectivity index is 2.25. The molecule has 0 spiro atoms. The highest BCUT2D eigenvalue weighted by Crippen LogP contribution is 2.33. The summed E-state index contributed by atoms with van der Waals surface area (Å²) in [6.45, 7) is 9.06. The van der Waals surface area contributed by atoms with Gasteiger partial charge in [-0.2, -0.15) is 0 Å². The van der Waals surface area contributed by atoms with Crippen LogP contribution >= 0.6 is 0 Å². The van der Waals surface area contributed by atoms with E-state index < -0.39 is 10.0 Å². The predicted molar refractivity (Wildman–Crippen MR) is 106 cm³/mol. The van der Waals surface area contributed by atoms with E-state index in [1.807, 2.05) is 32.9 Å². The molecule has 1 aliphatic heterocycles. The Kier molecular flexibility index (Phi) is 6.19. The molecular weight excluding hydrogens is 366 g/mol. The van der Waals surface area contributed by atoms with Gasteiger partial charge in [0.1, 0.15) is 6.54 Å². The number of hydrogen-bond donors (Lipinski definition) is 0. The van der Waals surface area contributed by atoms with E-state index in [1.165, 1.54) is 11.2 Å². The summed E-state index contributed by atoms with van der Waals surface area (Å²) >= 11 is 0. The number of nitrogens with zero attached hydrogens (tertiary/aromatic N) is 3. The Bertz CT molecular complexity index is 806. The molecule has 1 aliphatic rings. The van der Waals surface area contributed by atoms with E-state index >= 15 is 0 Å². The predicted octanol–water partition coefficient (Wildman–Crippen LogP) is 1.44. The van der Waals surface area contributed by atoms with E-state index in [2.05, 4.69) is 0 Å². The molecule has 150 valence electrons. The van der Waals surface area contributed by atoms with Crippen molar-refractivity contribution in [2.75, 3.05) is 43.3 Å². The molecule has 27 heavy (non-hydrogen) atoms. The molecule has 0 aromatic heterocycles. The van der Waals surface area contributed by atoms with Crippen LogP contribution < -0.4 is 4.31 Å². The Labute approximate surface area is 162 Å². The molecule has 7 nitrogen and oxygen atoms in total. The molecule has 0 aliphatic carbocycles. The van der Waals surface area contributed by atoms with Crippen LogP contribution in [0.2, 0.25) is 0 Å². The number of amides is 2. The van der Waals surface area contributed by atoms with E-state index in [-0.39, 0.29) is 23.8 Å². The fourth-order valence-electron chi connectivity index (χ4n) is 3.20. The number of carbonyl (C=O) groups excluding carboxylic acids is 2. The number of piperazine rings is 1. The number of benzene rings is 1. The maximum atomic E-state index is 12.8. The molecule has 2 amide bonds. The topological polar surface area (TPSA) is 78.0 Å². The molecule has 1 aromatic rings. The number of carbonyl (C=O) groups is 2. The summed E-state index contributed by atoms with van der Waals surface area (Å²) in [4.78, 5) is 27.5. The van der Waals surface area contributed by atoms with Gasteiger partial charge in [-0.1, -0.05) is 39.0 Å². The molecule has 0 N–H and O–H groups in total. The summed E-state index contributed by atoms with van der Waals surface area (Å²) in [6.07, 6.45) is 1.12. The first-order valence-corrected chi connectivity index (χ1v) is 10.9. The molecule has 0 saturated carbocycles. The van der Waals surface area contributed by atoms with E-state index in [1.54, 1.807) is 21.9 Å². The minimum atomic E-state index is -3.64. The lowest BCUT2D eigenvalue weighted by Crippen LogP contribution is -2.52. The molecule has 1 aromatic carbocycles. The lowest BCUT2D eigenvalue weighted by Gasteiger charge is -2.36. The van der Waals surface area contributed by atoms with Crippen LogP contribution in [0.5, 0.6) is 0 Å². The first-order chi connectivity index (χ1) is 12.4. The van der Waals surface area contributed by atoms with E-state index in [0.29, 0.717) is 31.9 Å². The Morgan fingerprint density at radius 1 is 1.04 bits per heavy atom. The van der Waals surface area contributed by atoms with Crippen LogP contribution in [0.15, 0.2) is 24.3 Å². The van der Waals surface area contributed by atoms with Crippen molar-refractivity contribution in [1.29, 1.82) is 0 Å². The number of sulfonamides is 1. The van der Waals surface area contributed by atoms with Crippen molar-refractivity contribution in [2.45, 2.75) is 33.1 Å². The summed E-state index contributed by atoms with van der Waals surface area (Å²) in [6, 6.07) is 7.28. The van der Waals surface area contributed by atoms with Crippen LogP contribution in [0.3, 0.4) is 0 Å². The van der Waals surface area contributed by atoms with Crippen LogP contribution in [0.1, 0.15) is 33.3 Å². The third-order valence-corrected chi connectivity index (χ3v) is 5.86. The van der Waals surface area contributed by atoms with Crippen molar-refractivity contribution < 1.29 is 18.0 Å². The molecule has 0 bridgehead atoms. The van der Waals surface area contributed by atoms with E-state index in [0.717, 1.165) is 11.8 Å². The van der Waals surface area contributed by atoms with Crippen LogP contribution in [-0.2, 0) is 25.0 Å². The van der Waals surface area contributed by atoms with Gasteiger partial charge in [-0.15, -0.1) is 0 Å². The number of para-hydroxylation sites is 1. The van der Waals surface area contributed by atoms with Gasteiger partial charge < -0.3 is 9.80 Å². The first-order valence-electron chi connectivity index (χ1n) is 9.02. The summed E-state index contributed by atoms with van der Waals surface area (Å²) in [5.41, 5.74) is 1.13. The van der Waals surface area contributed by atoms with Crippen molar-refractivity contribution >= 4 is 27.5 Å². The number of anilines is 1. The van der Waals surface area contributed by atoms with Gasteiger partial charge in [0.15, 0.2) is 0 Å². The average Bonchev–Trinajstić information content (AvgIpc) is 2.57. The quantitative estimate of drug-likeness (QED) is 0.773. The number of rotatable bonds is 4. The molecule has 2 rings (SSSR count). The third-order valence-electron chi connectivity index (χ3n) is 4.74. The lowest BCUT2D eigenvalue weighted by molar-refractivity contribution is -0.137. The molecule has 0 radical (unpaired) electrons. The van der Waals surface area contributed by atoms with Crippen LogP contribution in [0, 0.1) is 0 Å². The maximum Gasteiger partial charge on any atom is 0.243 e. The van der Waals surface area contributed by atoms with Crippen molar-refractivity contribution in [3.8, 4) is 0 Å². The fraction of sp³-hybridized carbons (Fsp3) is 0.579. The zero-order valence-electron chi connectivity index (χ0n) is 16.7. The second-order valence-corrected chi connectivity index (χ2v) is 9.83. The highest BCUT2D eigenvalue weighted by Gasteiger charge is 2.30. The minimum Gasteiger partial charge on any atom is -0.339 e. The summed E-state index contributed by atoms with van der Waals surface area (Å²) in [7, 11) is -3.64. The molecular formula is C19H29N3O4S. The van der Waals surface area contributed by atoms with Crippen molar-refractivity contribution in [3.05, 3.63) is 29.8 Å². The Hall–Kier alpha value is -2.09. The van der Waals surface area contributed by atoms with Crippen LogP contribution in [0.4, 0.5) is 5.69 Å². The first kappa shape index (κ1) is 21.2. The molecule has 0 unspecified atom stereocenters. The third kappa shape index (κ3) is 5.22. The second kappa shape index (κ2) is 7.88. The summed E-state index contributed by atoms with van der Waals surface area (Å²) in [5, 5.41) is 0. The van der Waals surface area contributed by atoms with Gasteiger partial charge in [-0.05, 0) is 17.0 Å². The number of hydrogen-bond acceptors (Lipinski definition) is 4. The minimum absolute atomic E-state index is 0.0148. The Morgan fingerprint density at radius 3 is 2.04 bits per heavy atom. The Morgan fingerprint density at radius 2 is 1.56 bits per heavy atom. The van der Waals surface area contributed by atoms with Gasteiger partial charge >= 0.3 is 0 Å². The summed E-state index contributed by atoms with van der Waals surface area (Å²) < 4.78 is 26.1. The van der Waals surface area contributed by atoms with Crippen molar-refractivity contribution in [2.24, 2.45) is 0 Å². The van der Waals surface area contributed by atoms with Gasteiger partial charge in [0.05, 0.1) is 11.9 Å². The zero-order chi connectivity index (χ0) is 20.4. The standard InChI is InChI=1S/C19H29N3O4S/c1-15(23)20-10-12-21(13-11-20)18(24)14-22(27(5,25)26)17-9-7-6-8-16(17)19(2,3)4/h6-9H,10-14H2,1-5H3. The monoisotopic (exact) mass is 395 g/mol. The average molecular weight is 396 g/mol. The van der Waals surface area contributed by atoms with Crippen molar-refractivity contribution in [3.63, 3.8) is 0 Å². The van der Waals surface area contributed by atoms with E-state index in [4.69, 9.17) is 0 Å². The van der Waals surface area contributed by atoms with Crippen molar-refractivity contribution in [1.82, 2.24) is 9.80 Å². The second-order valence-electron chi connectivity index (χ2n) is 7.92. The van der Waals surface area contributed by atoms with Gasteiger partial charge in [0.25, 0.3) is 0 Å². The van der Waals surface area contributed by atoms with Crippen LogP contribution in [0.25, 0.3) is 0 Å². The highest BCUT2D eigenvalue weighted by atomic mass is 32.2. The smallest absolute Gasteiger partial charge is 0.243 e. The van der Waals surface area contributed by atoms with Gasteiger partial charge in [-0.25, -0.2) is 8.42 Å². The van der Waals surface area contributed by atoms with Crippen LogP contribution in [-0.4, -0.2) is 69.0 Å².